The van der Waals surface area contributed by atoms with E-state index in [4.69, 9.17) is 9.84 Å². The molecule has 0 bridgehead atoms. The van der Waals surface area contributed by atoms with Crippen molar-refractivity contribution in [1.29, 1.82) is 0 Å². The first-order chi connectivity index (χ1) is 18.6. The van der Waals surface area contributed by atoms with Gasteiger partial charge < -0.3 is 9.84 Å². The summed E-state index contributed by atoms with van der Waals surface area (Å²) in [5.41, 5.74) is 0. The second kappa shape index (κ2) is 30.0. The maximum atomic E-state index is 12.5. The molecular weight excluding hydrogens is 472 g/mol. The molecule has 0 saturated heterocycles. The van der Waals surface area contributed by atoms with Crippen LogP contribution in [0.15, 0.2) is 24.3 Å². The molecule has 0 aliphatic heterocycles. The largest absolute Gasteiger partial charge is 0.481 e. The molecule has 0 aromatic heterocycles. The maximum Gasteiger partial charge on any atom is 0.306 e. The molecule has 1 N–H and O–H groups in total. The number of hydrogen-bond acceptors (Lipinski definition) is 3. The Labute approximate surface area is 236 Å². The highest BCUT2D eigenvalue weighted by Gasteiger charge is 2.11. The van der Waals surface area contributed by atoms with Crippen molar-refractivity contribution < 1.29 is 19.4 Å². The van der Waals surface area contributed by atoms with Crippen molar-refractivity contribution in [3.05, 3.63) is 24.3 Å². The number of esters is 1. The Bertz CT molecular complexity index is 581. The third-order valence-corrected chi connectivity index (χ3v) is 7.13. The van der Waals surface area contributed by atoms with E-state index in [1.165, 1.54) is 83.5 Å². The number of carbonyl (C=O) groups is 2. The molecule has 0 spiro atoms. The third kappa shape index (κ3) is 29.0. The molecule has 0 aliphatic rings. The topological polar surface area (TPSA) is 63.6 Å². The molecule has 0 aromatic carbocycles. The summed E-state index contributed by atoms with van der Waals surface area (Å²) in [4.78, 5) is 23.1. The first-order valence-electron chi connectivity index (χ1n) is 16.3. The van der Waals surface area contributed by atoms with Crippen LogP contribution < -0.4 is 0 Å². The Kier molecular flexibility index (Phi) is 28.7. The molecule has 0 rings (SSSR count). The van der Waals surface area contributed by atoms with Crippen molar-refractivity contribution in [2.75, 3.05) is 0 Å². The van der Waals surface area contributed by atoms with Gasteiger partial charge in [0.05, 0.1) is 0 Å². The zero-order valence-electron chi connectivity index (χ0n) is 25.2. The SMILES string of the molecule is CCCC/C=C\CCCCCCCC(=O)OC(/C=C\CCCCCCCC)CCCCCCCCC(=O)O. The number of carbonyl (C=O) groups excluding carboxylic acids is 1. The lowest BCUT2D eigenvalue weighted by Gasteiger charge is -2.15. The predicted molar refractivity (Wildman–Crippen MR) is 163 cm³/mol. The van der Waals surface area contributed by atoms with Gasteiger partial charge in [0.25, 0.3) is 0 Å². The van der Waals surface area contributed by atoms with Gasteiger partial charge in [-0.3, -0.25) is 9.59 Å². The minimum atomic E-state index is -0.701. The quantitative estimate of drug-likeness (QED) is 0.0589. The van der Waals surface area contributed by atoms with Crippen LogP contribution in [0, 0.1) is 0 Å². The molecule has 1 unspecified atom stereocenters. The van der Waals surface area contributed by atoms with Crippen molar-refractivity contribution in [1.82, 2.24) is 0 Å². The molecule has 0 aromatic rings. The van der Waals surface area contributed by atoms with Gasteiger partial charge in [0, 0.05) is 12.8 Å². The van der Waals surface area contributed by atoms with E-state index in [1.807, 2.05) is 0 Å². The van der Waals surface area contributed by atoms with Gasteiger partial charge >= 0.3 is 11.9 Å². The van der Waals surface area contributed by atoms with Crippen LogP contribution in [-0.4, -0.2) is 23.1 Å². The lowest BCUT2D eigenvalue weighted by Crippen LogP contribution is -2.16. The molecule has 0 fully saturated rings. The van der Waals surface area contributed by atoms with Crippen LogP contribution in [0.4, 0.5) is 0 Å². The summed E-state index contributed by atoms with van der Waals surface area (Å²) in [6.07, 6.45) is 36.2. The Balaban J connectivity index is 4.14. The zero-order valence-corrected chi connectivity index (χ0v) is 25.2. The highest BCUT2D eigenvalue weighted by atomic mass is 16.5. The van der Waals surface area contributed by atoms with E-state index in [0.29, 0.717) is 6.42 Å². The monoisotopic (exact) mass is 534 g/mol. The number of allylic oxidation sites excluding steroid dienone is 3. The van der Waals surface area contributed by atoms with E-state index >= 15 is 0 Å². The molecular formula is C34H62O4. The fourth-order valence-corrected chi connectivity index (χ4v) is 4.66. The van der Waals surface area contributed by atoms with Crippen molar-refractivity contribution in [2.24, 2.45) is 0 Å². The molecule has 1 atom stereocenters. The Morgan fingerprint density at radius 3 is 1.66 bits per heavy atom. The first kappa shape index (κ1) is 36.4. The second-order valence-electron chi connectivity index (χ2n) is 11.0. The molecule has 0 radical (unpaired) electrons. The molecule has 0 aliphatic carbocycles. The van der Waals surface area contributed by atoms with Gasteiger partial charge in [-0.05, 0) is 63.9 Å². The summed E-state index contributed by atoms with van der Waals surface area (Å²) in [5, 5.41) is 8.73. The van der Waals surface area contributed by atoms with Gasteiger partial charge in [-0.2, -0.15) is 0 Å². The van der Waals surface area contributed by atoms with Crippen LogP contribution in [0.3, 0.4) is 0 Å². The van der Waals surface area contributed by atoms with Gasteiger partial charge in [0.1, 0.15) is 6.10 Å². The molecule has 4 nitrogen and oxygen atoms in total. The molecule has 0 saturated carbocycles. The van der Waals surface area contributed by atoms with E-state index < -0.39 is 5.97 Å². The number of unbranched alkanes of at least 4 members (excludes halogenated alkanes) is 18. The normalized spacial score (nSPS) is 12.5. The van der Waals surface area contributed by atoms with Crippen molar-refractivity contribution in [2.45, 2.75) is 180 Å². The average Bonchev–Trinajstić information content (AvgIpc) is 2.89. The average molecular weight is 535 g/mol. The molecule has 38 heavy (non-hydrogen) atoms. The molecule has 222 valence electrons. The smallest absolute Gasteiger partial charge is 0.306 e. The lowest BCUT2D eigenvalue weighted by atomic mass is 10.0. The van der Waals surface area contributed by atoms with Gasteiger partial charge in [0.15, 0.2) is 0 Å². The third-order valence-electron chi connectivity index (χ3n) is 7.13. The number of hydrogen-bond donors (Lipinski definition) is 1. The summed E-state index contributed by atoms with van der Waals surface area (Å²) in [5.74, 6) is -0.750. The number of ether oxygens (including phenoxy) is 1. The van der Waals surface area contributed by atoms with Crippen molar-refractivity contribution in [3.8, 4) is 0 Å². The van der Waals surface area contributed by atoms with E-state index in [1.54, 1.807) is 0 Å². The fraction of sp³-hybridized carbons (Fsp3) is 0.824. The van der Waals surface area contributed by atoms with Gasteiger partial charge in [-0.25, -0.2) is 0 Å². The van der Waals surface area contributed by atoms with Crippen molar-refractivity contribution >= 4 is 11.9 Å². The highest BCUT2D eigenvalue weighted by molar-refractivity contribution is 5.69. The fourth-order valence-electron chi connectivity index (χ4n) is 4.66. The molecule has 0 heterocycles. The number of carboxylic acids is 1. The van der Waals surface area contributed by atoms with Crippen molar-refractivity contribution in [3.63, 3.8) is 0 Å². The van der Waals surface area contributed by atoms with Crippen LogP contribution in [-0.2, 0) is 14.3 Å². The van der Waals surface area contributed by atoms with E-state index in [9.17, 15) is 9.59 Å². The molecule has 0 amide bonds. The molecule has 4 heteroatoms. The van der Waals surface area contributed by atoms with Gasteiger partial charge in [-0.15, -0.1) is 0 Å². The van der Waals surface area contributed by atoms with Crippen LogP contribution >= 0.6 is 0 Å². The zero-order chi connectivity index (χ0) is 27.9. The Morgan fingerprint density at radius 1 is 0.579 bits per heavy atom. The minimum absolute atomic E-state index is 0.0493. The van der Waals surface area contributed by atoms with Crippen LogP contribution in [0.25, 0.3) is 0 Å². The van der Waals surface area contributed by atoms with E-state index in [-0.39, 0.29) is 18.5 Å². The Hall–Kier alpha value is -1.58. The van der Waals surface area contributed by atoms with Gasteiger partial charge in [0.2, 0.25) is 0 Å². The lowest BCUT2D eigenvalue weighted by molar-refractivity contribution is -0.147. The number of rotatable bonds is 29. The van der Waals surface area contributed by atoms with E-state index in [2.05, 4.69) is 38.2 Å². The van der Waals surface area contributed by atoms with Crippen LogP contribution in [0.1, 0.15) is 174 Å². The number of carboxylic acid groups (broad SMARTS) is 1. The summed E-state index contributed by atoms with van der Waals surface area (Å²) in [7, 11) is 0. The summed E-state index contributed by atoms with van der Waals surface area (Å²) >= 11 is 0. The van der Waals surface area contributed by atoms with E-state index in [0.717, 1.165) is 64.2 Å². The summed E-state index contributed by atoms with van der Waals surface area (Å²) in [6.45, 7) is 4.48. The number of aliphatic carboxylic acids is 1. The van der Waals surface area contributed by atoms with Crippen LogP contribution in [0.5, 0.6) is 0 Å². The minimum Gasteiger partial charge on any atom is -0.481 e. The van der Waals surface area contributed by atoms with Gasteiger partial charge in [-0.1, -0.05) is 122 Å². The standard InChI is InChI=1S/C34H62O4/c1-3-5-7-9-11-13-14-15-17-23-27-31-34(37)38-32(28-24-20-16-12-10-8-6-4-2)29-25-21-18-19-22-26-30-33(35)36/h9,11,24,28,32H,3-8,10,12-23,25-27,29-31H2,1-2H3,(H,35,36)/b11-9-,28-24-. The van der Waals surface area contributed by atoms with Crippen LogP contribution in [0.2, 0.25) is 0 Å². The predicted octanol–water partition coefficient (Wildman–Crippen LogP) is 10.9. The summed E-state index contributed by atoms with van der Waals surface area (Å²) < 4.78 is 5.87. The Morgan fingerprint density at radius 2 is 1.05 bits per heavy atom. The first-order valence-corrected chi connectivity index (χ1v) is 16.3. The maximum absolute atomic E-state index is 12.5. The summed E-state index contributed by atoms with van der Waals surface area (Å²) in [6, 6.07) is 0. The highest BCUT2D eigenvalue weighted by Crippen LogP contribution is 2.15. The second-order valence-corrected chi connectivity index (χ2v) is 11.0.